The molecular weight excluding hydrogens is 470 g/mol. The smallest absolute Gasteiger partial charge is 0.0706 e. The van der Waals surface area contributed by atoms with Crippen LogP contribution in [-0.4, -0.2) is 8.07 Å². The molecule has 20 heavy (non-hydrogen) atoms. The van der Waals surface area contributed by atoms with Gasteiger partial charge in [0.1, 0.15) is 0 Å². The normalized spacial score (nSPS) is 24.5. The van der Waals surface area contributed by atoms with Crippen molar-refractivity contribution in [3.63, 3.8) is 0 Å². The zero-order valence-corrected chi connectivity index (χ0v) is 19.3. The first-order valence-corrected chi connectivity index (χ1v) is 9.71. The number of halogens is 2. The maximum atomic E-state index is 2.54. The molecule has 2 unspecified atom stereocenters. The minimum absolute atomic E-state index is 0. The summed E-state index contributed by atoms with van der Waals surface area (Å²) < 4.78 is 0. The molecule has 0 spiro atoms. The van der Waals surface area contributed by atoms with Crippen LogP contribution in [0.25, 0.3) is 0 Å². The molecule has 0 amide bonds. The van der Waals surface area contributed by atoms with Crippen LogP contribution in [-0.2, 0) is 25.8 Å². The molecule has 2 aliphatic carbocycles. The van der Waals surface area contributed by atoms with E-state index in [2.05, 4.69) is 65.1 Å². The molecule has 0 bridgehead atoms. The molecule has 4 heteroatoms. The van der Waals surface area contributed by atoms with E-state index in [1.54, 1.807) is 11.1 Å². The van der Waals surface area contributed by atoms with Gasteiger partial charge in [0.2, 0.25) is 0 Å². The van der Waals surface area contributed by atoms with Gasteiger partial charge in [-0.3, -0.25) is 0 Å². The Morgan fingerprint density at radius 2 is 1.05 bits per heavy atom. The Balaban J connectivity index is 0. The molecule has 2 atom stereocenters. The number of hydrogen-bond donors (Lipinski definition) is 0. The van der Waals surface area contributed by atoms with Crippen LogP contribution < -0.4 is 24.8 Å². The summed E-state index contributed by atoms with van der Waals surface area (Å²) in [5.74, 6) is 0. The standard InChI is InChI=1S/C16H24Si.2ClH.Hf/c1-11-7-13(3)15(9-11)17(5,6)16-10-12(2)8-14(16)4;;;/h7-10,15-16H,1-6H3;2*1H;/p-2. The van der Waals surface area contributed by atoms with E-state index < -0.39 is 8.07 Å². The topological polar surface area (TPSA) is 0 Å². The van der Waals surface area contributed by atoms with Crippen LogP contribution in [0.3, 0.4) is 0 Å². The first-order valence-electron chi connectivity index (χ1n) is 6.55. The van der Waals surface area contributed by atoms with Crippen LogP contribution in [0.1, 0.15) is 27.7 Å². The Kier molecular flexibility index (Phi) is 9.52. The fourth-order valence-electron chi connectivity index (χ4n) is 3.58. The molecule has 0 aromatic rings. The summed E-state index contributed by atoms with van der Waals surface area (Å²) >= 11 is 0. The quantitative estimate of drug-likeness (QED) is 0.445. The van der Waals surface area contributed by atoms with Gasteiger partial charge in [0.15, 0.2) is 0 Å². The summed E-state index contributed by atoms with van der Waals surface area (Å²) in [6, 6.07) is 0. The SMILES string of the molecule is CC1=CC([Si](C)(C)C2C=C(C)C=C2C)C(C)=C1.[Cl-].[Cl-].[Hf]. The van der Waals surface area contributed by atoms with E-state index in [-0.39, 0.29) is 50.7 Å². The predicted octanol–water partition coefficient (Wildman–Crippen LogP) is -0.747. The summed E-state index contributed by atoms with van der Waals surface area (Å²) in [6.07, 6.45) is 9.72. The molecule has 0 aromatic heterocycles. The first-order chi connectivity index (χ1) is 7.82. The summed E-state index contributed by atoms with van der Waals surface area (Å²) in [4.78, 5) is 0. The number of hydrogen-bond acceptors (Lipinski definition) is 0. The van der Waals surface area contributed by atoms with Crippen molar-refractivity contribution in [1.82, 2.24) is 0 Å². The Labute approximate surface area is 156 Å². The van der Waals surface area contributed by atoms with Crippen LogP contribution in [0, 0.1) is 0 Å². The van der Waals surface area contributed by atoms with Gasteiger partial charge >= 0.3 is 0 Å². The van der Waals surface area contributed by atoms with E-state index in [4.69, 9.17) is 0 Å². The summed E-state index contributed by atoms with van der Waals surface area (Å²) in [7, 11) is -1.34. The van der Waals surface area contributed by atoms with E-state index in [1.165, 1.54) is 11.1 Å². The van der Waals surface area contributed by atoms with Crippen molar-refractivity contribution in [1.29, 1.82) is 0 Å². The van der Waals surface area contributed by atoms with Crippen molar-refractivity contribution >= 4 is 8.07 Å². The second-order valence-electron chi connectivity index (χ2n) is 6.37. The predicted molar refractivity (Wildman–Crippen MR) is 80.0 cm³/mol. The Morgan fingerprint density at radius 3 is 1.25 bits per heavy atom. The summed E-state index contributed by atoms with van der Waals surface area (Å²) in [5, 5.41) is 0. The van der Waals surface area contributed by atoms with E-state index in [0.29, 0.717) is 0 Å². The second-order valence-corrected chi connectivity index (χ2v) is 11.3. The third-order valence-corrected chi connectivity index (χ3v) is 8.80. The van der Waals surface area contributed by atoms with Crippen LogP contribution >= 0.6 is 0 Å². The van der Waals surface area contributed by atoms with Gasteiger partial charge in [-0.05, 0) is 38.8 Å². The minimum atomic E-state index is -1.34. The average molecular weight is 494 g/mol. The summed E-state index contributed by atoms with van der Waals surface area (Å²) in [5.41, 5.74) is 7.49. The third-order valence-electron chi connectivity index (χ3n) is 4.35. The van der Waals surface area contributed by atoms with Crippen LogP contribution in [0.2, 0.25) is 24.2 Å². The van der Waals surface area contributed by atoms with Crippen molar-refractivity contribution in [2.75, 3.05) is 0 Å². The van der Waals surface area contributed by atoms with Crippen molar-refractivity contribution in [3.05, 3.63) is 46.6 Å². The van der Waals surface area contributed by atoms with E-state index >= 15 is 0 Å². The van der Waals surface area contributed by atoms with Gasteiger partial charge in [-0.25, -0.2) is 0 Å². The van der Waals surface area contributed by atoms with Gasteiger partial charge in [0.25, 0.3) is 0 Å². The molecule has 0 fully saturated rings. The maximum absolute atomic E-state index is 2.54. The third kappa shape index (κ3) is 4.31. The maximum Gasteiger partial charge on any atom is 0.0706 e. The van der Waals surface area contributed by atoms with Crippen LogP contribution in [0.4, 0.5) is 0 Å². The van der Waals surface area contributed by atoms with E-state index in [9.17, 15) is 0 Å². The van der Waals surface area contributed by atoms with Gasteiger partial charge in [-0.2, -0.15) is 0 Å². The van der Waals surface area contributed by atoms with Gasteiger partial charge < -0.3 is 24.8 Å². The fourth-order valence-corrected chi connectivity index (χ4v) is 7.86. The first kappa shape index (κ1) is 22.9. The monoisotopic (exact) mass is 494 g/mol. The van der Waals surface area contributed by atoms with E-state index in [0.717, 1.165) is 11.1 Å². The van der Waals surface area contributed by atoms with E-state index in [1.807, 2.05) is 0 Å². The Hall–Kier alpha value is 0.627. The molecule has 112 valence electrons. The second kappa shape index (κ2) is 8.31. The zero-order valence-electron chi connectivity index (χ0n) is 13.2. The number of allylic oxidation sites excluding steroid dienone is 8. The molecule has 0 aliphatic heterocycles. The van der Waals surface area contributed by atoms with Crippen molar-refractivity contribution in [3.8, 4) is 0 Å². The summed E-state index contributed by atoms with van der Waals surface area (Å²) in [6.45, 7) is 14.1. The molecule has 0 N–H and O–H groups in total. The molecule has 2 aliphatic rings. The molecular formula is C16H24Cl2HfSi-2. The van der Waals surface area contributed by atoms with Gasteiger partial charge in [0, 0.05) is 25.8 Å². The molecule has 2 rings (SSSR count). The van der Waals surface area contributed by atoms with Crippen molar-refractivity contribution < 1.29 is 50.7 Å². The molecule has 0 saturated carbocycles. The molecule has 0 radical (unpaired) electrons. The fraction of sp³-hybridized carbons (Fsp3) is 0.500. The Morgan fingerprint density at radius 1 is 0.750 bits per heavy atom. The van der Waals surface area contributed by atoms with Crippen molar-refractivity contribution in [2.45, 2.75) is 51.9 Å². The molecule has 0 saturated heterocycles. The number of rotatable bonds is 2. The van der Waals surface area contributed by atoms with Crippen molar-refractivity contribution in [2.24, 2.45) is 0 Å². The largest absolute Gasteiger partial charge is 1.00 e. The van der Waals surface area contributed by atoms with Crippen LogP contribution in [0.5, 0.6) is 0 Å². The van der Waals surface area contributed by atoms with Crippen LogP contribution in [0.15, 0.2) is 46.6 Å². The molecule has 0 nitrogen and oxygen atoms in total. The minimum Gasteiger partial charge on any atom is -1.00 e. The Bertz CT molecular complexity index is 431. The zero-order chi connectivity index (χ0) is 12.8. The van der Waals surface area contributed by atoms with Gasteiger partial charge in [-0.15, -0.1) is 0 Å². The average Bonchev–Trinajstić information content (AvgIpc) is 2.70. The van der Waals surface area contributed by atoms with Gasteiger partial charge in [0.05, 0.1) is 8.07 Å². The molecule has 0 heterocycles. The van der Waals surface area contributed by atoms with Gasteiger partial charge in [-0.1, -0.05) is 59.7 Å². The molecule has 0 aromatic carbocycles.